The highest BCUT2D eigenvalue weighted by atomic mass is 32.1. The fourth-order valence-electron chi connectivity index (χ4n) is 2.84. The highest BCUT2D eigenvalue weighted by Gasteiger charge is 2.23. The van der Waals surface area contributed by atoms with Crippen LogP contribution in [-0.4, -0.2) is 24.7 Å². The first-order valence-corrected chi connectivity index (χ1v) is 9.41. The van der Waals surface area contributed by atoms with E-state index in [-0.39, 0.29) is 12.0 Å². The van der Waals surface area contributed by atoms with Gasteiger partial charge in [-0.15, -0.1) is 11.3 Å². The van der Waals surface area contributed by atoms with Gasteiger partial charge in [-0.1, -0.05) is 0 Å². The van der Waals surface area contributed by atoms with E-state index in [1.165, 1.54) is 11.3 Å². The molecule has 1 aliphatic heterocycles. The van der Waals surface area contributed by atoms with Crippen molar-refractivity contribution in [3.8, 4) is 17.6 Å². The first-order chi connectivity index (χ1) is 12.5. The second-order valence-electron chi connectivity index (χ2n) is 6.15. The van der Waals surface area contributed by atoms with Gasteiger partial charge in [0.2, 0.25) is 5.91 Å². The standard InChI is InChI=1S/C19H21N3O3S/c1-4-24-17-8-14-7-11(2)25-16(14)9-15(17)21-12(3)18(23)22-19-13(10-20)5-6-26-19/h5-6,8-9,11-12,21H,4,7H2,1-3H3,(H,22,23). The summed E-state index contributed by atoms with van der Waals surface area (Å²) in [4.78, 5) is 12.5. The Balaban J connectivity index is 1.76. The van der Waals surface area contributed by atoms with Crippen LogP contribution in [0.25, 0.3) is 0 Å². The SMILES string of the molecule is CCOc1cc2c(cc1NC(C)C(=O)Nc1sccc1C#N)OC(C)C2. The van der Waals surface area contributed by atoms with E-state index in [1.54, 1.807) is 18.4 Å². The number of anilines is 2. The van der Waals surface area contributed by atoms with Crippen molar-refractivity contribution in [3.05, 3.63) is 34.7 Å². The van der Waals surface area contributed by atoms with Crippen LogP contribution in [0.5, 0.6) is 11.5 Å². The monoisotopic (exact) mass is 371 g/mol. The van der Waals surface area contributed by atoms with Gasteiger partial charge >= 0.3 is 0 Å². The topological polar surface area (TPSA) is 83.4 Å². The molecule has 7 heteroatoms. The number of benzene rings is 1. The summed E-state index contributed by atoms with van der Waals surface area (Å²) in [6.45, 7) is 6.25. The van der Waals surface area contributed by atoms with Gasteiger partial charge in [-0.25, -0.2) is 0 Å². The number of rotatable bonds is 6. The van der Waals surface area contributed by atoms with E-state index >= 15 is 0 Å². The molecule has 26 heavy (non-hydrogen) atoms. The van der Waals surface area contributed by atoms with Crippen molar-refractivity contribution < 1.29 is 14.3 Å². The van der Waals surface area contributed by atoms with Gasteiger partial charge < -0.3 is 20.1 Å². The summed E-state index contributed by atoms with van der Waals surface area (Å²) in [5.41, 5.74) is 2.29. The van der Waals surface area contributed by atoms with Crippen LogP contribution in [0.4, 0.5) is 10.7 Å². The third-order valence-electron chi connectivity index (χ3n) is 4.09. The molecule has 3 rings (SSSR count). The molecule has 6 nitrogen and oxygen atoms in total. The molecule has 136 valence electrons. The molecule has 0 radical (unpaired) electrons. The number of hydrogen-bond donors (Lipinski definition) is 2. The van der Waals surface area contributed by atoms with Crippen LogP contribution in [0.1, 0.15) is 31.9 Å². The lowest BCUT2D eigenvalue weighted by Crippen LogP contribution is -2.32. The number of nitrogens with one attached hydrogen (secondary N) is 2. The summed E-state index contributed by atoms with van der Waals surface area (Å²) >= 11 is 1.33. The van der Waals surface area contributed by atoms with Gasteiger partial charge in [0.15, 0.2) is 0 Å². The second kappa shape index (κ2) is 7.67. The summed E-state index contributed by atoms with van der Waals surface area (Å²) in [7, 11) is 0. The van der Waals surface area contributed by atoms with Gasteiger partial charge in [0, 0.05) is 18.1 Å². The minimum absolute atomic E-state index is 0.138. The van der Waals surface area contributed by atoms with Crippen molar-refractivity contribution in [2.24, 2.45) is 0 Å². The van der Waals surface area contributed by atoms with E-state index in [2.05, 4.69) is 16.7 Å². The van der Waals surface area contributed by atoms with Gasteiger partial charge in [-0.3, -0.25) is 4.79 Å². The van der Waals surface area contributed by atoms with E-state index in [0.29, 0.717) is 28.6 Å². The lowest BCUT2D eigenvalue weighted by molar-refractivity contribution is -0.116. The smallest absolute Gasteiger partial charge is 0.247 e. The molecule has 0 saturated heterocycles. The summed E-state index contributed by atoms with van der Waals surface area (Å²) in [5.74, 6) is 1.31. The molecule has 0 spiro atoms. The summed E-state index contributed by atoms with van der Waals surface area (Å²) < 4.78 is 11.5. The Hall–Kier alpha value is -2.72. The molecule has 1 amide bonds. The Kier molecular flexibility index (Phi) is 5.33. The number of hydrogen-bond acceptors (Lipinski definition) is 6. The number of nitrogens with zero attached hydrogens (tertiary/aromatic N) is 1. The zero-order chi connectivity index (χ0) is 18.7. The van der Waals surface area contributed by atoms with Crippen molar-refractivity contribution >= 4 is 27.9 Å². The van der Waals surface area contributed by atoms with Crippen LogP contribution in [-0.2, 0) is 11.2 Å². The highest BCUT2D eigenvalue weighted by molar-refractivity contribution is 7.14. The normalized spacial score (nSPS) is 16.2. The lowest BCUT2D eigenvalue weighted by Gasteiger charge is -2.18. The Morgan fingerprint density at radius 1 is 1.54 bits per heavy atom. The van der Waals surface area contributed by atoms with E-state index in [9.17, 15) is 4.79 Å². The molecule has 2 heterocycles. The predicted octanol–water partition coefficient (Wildman–Crippen LogP) is 3.78. The molecule has 2 N–H and O–H groups in total. The molecule has 1 aromatic heterocycles. The summed E-state index contributed by atoms with van der Waals surface area (Å²) in [5, 5.41) is 17.4. The third-order valence-corrected chi connectivity index (χ3v) is 4.92. The molecule has 0 bridgehead atoms. The van der Waals surface area contributed by atoms with Crippen LogP contribution < -0.4 is 20.1 Å². The lowest BCUT2D eigenvalue weighted by atomic mass is 10.1. The van der Waals surface area contributed by atoms with Crippen LogP contribution in [0.3, 0.4) is 0 Å². The number of fused-ring (bicyclic) bond motifs is 1. The first kappa shape index (κ1) is 18.1. The summed E-state index contributed by atoms with van der Waals surface area (Å²) in [6.07, 6.45) is 0.986. The number of amides is 1. The van der Waals surface area contributed by atoms with E-state index in [4.69, 9.17) is 14.7 Å². The second-order valence-corrected chi connectivity index (χ2v) is 7.07. The van der Waals surface area contributed by atoms with E-state index in [1.807, 2.05) is 26.0 Å². The van der Waals surface area contributed by atoms with Gasteiger partial charge in [-0.05, 0) is 38.3 Å². The van der Waals surface area contributed by atoms with Gasteiger partial charge in [0.05, 0.1) is 17.9 Å². The van der Waals surface area contributed by atoms with E-state index in [0.717, 1.165) is 17.7 Å². The third kappa shape index (κ3) is 3.75. The molecule has 0 aliphatic carbocycles. The maximum atomic E-state index is 12.5. The molecular formula is C19H21N3O3S. The van der Waals surface area contributed by atoms with Crippen LogP contribution in [0.2, 0.25) is 0 Å². The first-order valence-electron chi connectivity index (χ1n) is 8.53. The fourth-order valence-corrected chi connectivity index (χ4v) is 3.58. The number of thiophene rings is 1. The number of ether oxygens (including phenoxy) is 2. The average molecular weight is 371 g/mol. The van der Waals surface area contributed by atoms with Crippen molar-refractivity contribution in [3.63, 3.8) is 0 Å². The van der Waals surface area contributed by atoms with Gasteiger partial charge in [0.25, 0.3) is 0 Å². The fraction of sp³-hybridized carbons (Fsp3) is 0.368. The number of carbonyl (C=O) groups excluding carboxylic acids is 1. The quantitative estimate of drug-likeness (QED) is 0.807. The molecule has 1 aliphatic rings. The average Bonchev–Trinajstić information content (AvgIpc) is 3.19. The van der Waals surface area contributed by atoms with Crippen molar-refractivity contribution in [2.45, 2.75) is 39.3 Å². The maximum Gasteiger partial charge on any atom is 0.247 e. The zero-order valence-corrected chi connectivity index (χ0v) is 15.8. The van der Waals surface area contributed by atoms with Crippen molar-refractivity contribution in [1.82, 2.24) is 0 Å². The van der Waals surface area contributed by atoms with Gasteiger partial charge in [-0.2, -0.15) is 5.26 Å². The molecule has 2 atom stereocenters. The van der Waals surface area contributed by atoms with E-state index < -0.39 is 6.04 Å². The van der Waals surface area contributed by atoms with Crippen LogP contribution >= 0.6 is 11.3 Å². The maximum absolute atomic E-state index is 12.5. The Morgan fingerprint density at radius 2 is 2.35 bits per heavy atom. The molecule has 1 aromatic carbocycles. The number of nitriles is 1. The molecule has 2 unspecified atom stereocenters. The van der Waals surface area contributed by atoms with Crippen LogP contribution in [0, 0.1) is 11.3 Å². The minimum Gasteiger partial charge on any atom is -0.492 e. The Labute approximate surface area is 156 Å². The summed E-state index contributed by atoms with van der Waals surface area (Å²) in [6, 6.07) is 7.10. The Bertz CT molecular complexity index is 856. The Morgan fingerprint density at radius 3 is 3.08 bits per heavy atom. The molecule has 0 saturated carbocycles. The minimum atomic E-state index is -0.514. The molecule has 2 aromatic rings. The largest absolute Gasteiger partial charge is 0.492 e. The zero-order valence-electron chi connectivity index (χ0n) is 15.0. The highest BCUT2D eigenvalue weighted by Crippen LogP contribution is 2.38. The number of carbonyl (C=O) groups is 1. The molecule has 0 fully saturated rings. The van der Waals surface area contributed by atoms with Crippen LogP contribution in [0.15, 0.2) is 23.6 Å². The van der Waals surface area contributed by atoms with Crippen molar-refractivity contribution in [1.29, 1.82) is 5.26 Å². The van der Waals surface area contributed by atoms with Gasteiger partial charge in [0.1, 0.15) is 34.7 Å². The predicted molar refractivity (Wildman–Crippen MR) is 102 cm³/mol. The molecular weight excluding hydrogens is 350 g/mol. The van der Waals surface area contributed by atoms with Crippen molar-refractivity contribution in [2.75, 3.05) is 17.2 Å².